The minimum Gasteiger partial charge on any atom is -0.335 e. The molecule has 0 atom stereocenters. The summed E-state index contributed by atoms with van der Waals surface area (Å²) in [6, 6.07) is 3.46. The number of imidazole rings is 1. The molecule has 0 amide bonds. The van der Waals surface area contributed by atoms with Crippen molar-refractivity contribution in [1.82, 2.24) is 24.7 Å². The van der Waals surface area contributed by atoms with Crippen LogP contribution >= 0.6 is 11.6 Å². The monoisotopic (exact) mass is 290 g/mol. The molecule has 0 radical (unpaired) electrons. The van der Waals surface area contributed by atoms with Gasteiger partial charge in [0.15, 0.2) is 0 Å². The quantitative estimate of drug-likeness (QED) is 0.784. The number of nitrogens with two attached hydrogens (primary N) is 1. The molecule has 0 aliphatic carbocycles. The first kappa shape index (κ1) is 12.8. The molecule has 20 heavy (non-hydrogen) atoms. The summed E-state index contributed by atoms with van der Waals surface area (Å²) in [5.41, 5.74) is 6.55. The highest BCUT2D eigenvalue weighted by molar-refractivity contribution is 6.32. The Hall–Kier alpha value is -2.25. The Bertz CT molecular complexity index is 722. The molecular weight excluding hydrogens is 280 g/mol. The molecule has 102 valence electrons. The van der Waals surface area contributed by atoms with Crippen LogP contribution in [0.4, 0.5) is 0 Å². The Labute approximate surface area is 119 Å². The van der Waals surface area contributed by atoms with Gasteiger partial charge in [-0.2, -0.15) is 4.98 Å². The Morgan fingerprint density at radius 3 is 3.05 bits per heavy atom. The van der Waals surface area contributed by atoms with E-state index in [0.29, 0.717) is 41.2 Å². The fourth-order valence-corrected chi connectivity index (χ4v) is 1.92. The predicted octanol–water partition coefficient (Wildman–Crippen LogP) is 1.61. The Morgan fingerprint density at radius 1 is 1.35 bits per heavy atom. The summed E-state index contributed by atoms with van der Waals surface area (Å²) in [4.78, 5) is 12.6. The van der Waals surface area contributed by atoms with Crippen molar-refractivity contribution in [1.29, 1.82) is 0 Å². The number of halogens is 1. The van der Waals surface area contributed by atoms with Gasteiger partial charge in [0.05, 0.1) is 11.3 Å². The van der Waals surface area contributed by atoms with Crippen LogP contribution in [0.3, 0.4) is 0 Å². The average Bonchev–Trinajstić information content (AvgIpc) is 3.08. The lowest BCUT2D eigenvalue weighted by atomic mass is 10.3. The molecule has 3 aromatic rings. The van der Waals surface area contributed by atoms with Gasteiger partial charge in [0, 0.05) is 25.5 Å². The van der Waals surface area contributed by atoms with Crippen LogP contribution in [0.5, 0.6) is 0 Å². The number of pyridine rings is 1. The molecule has 0 aliphatic heterocycles. The van der Waals surface area contributed by atoms with Crippen molar-refractivity contribution >= 4 is 11.6 Å². The molecule has 0 spiro atoms. The Morgan fingerprint density at radius 2 is 2.25 bits per heavy atom. The summed E-state index contributed by atoms with van der Waals surface area (Å²) in [7, 11) is 0. The summed E-state index contributed by atoms with van der Waals surface area (Å²) < 4.78 is 7.04. The summed E-state index contributed by atoms with van der Waals surface area (Å²) in [6.07, 6.45) is 5.08. The lowest BCUT2D eigenvalue weighted by Crippen LogP contribution is -2.07. The standard InChI is InChI=1S/C12H11ClN6O/c13-8-2-1-4-15-10(8)11-17-12(20-18-11)9-6-19(5-3-14)7-16-9/h1-2,4,6-7H,3,5,14H2. The molecule has 0 saturated carbocycles. The molecule has 0 bridgehead atoms. The predicted molar refractivity (Wildman–Crippen MR) is 72.8 cm³/mol. The van der Waals surface area contributed by atoms with Crippen molar-refractivity contribution in [3.05, 3.63) is 35.9 Å². The van der Waals surface area contributed by atoms with Gasteiger partial charge < -0.3 is 14.8 Å². The van der Waals surface area contributed by atoms with E-state index in [1.54, 1.807) is 30.9 Å². The summed E-state index contributed by atoms with van der Waals surface area (Å²) >= 11 is 6.04. The number of nitrogens with zero attached hydrogens (tertiary/aromatic N) is 5. The third kappa shape index (κ3) is 2.40. The van der Waals surface area contributed by atoms with Crippen LogP contribution in [0.1, 0.15) is 0 Å². The second-order valence-electron chi connectivity index (χ2n) is 4.04. The fraction of sp³-hybridized carbons (Fsp3) is 0.167. The molecule has 0 aliphatic rings. The van der Waals surface area contributed by atoms with E-state index in [4.69, 9.17) is 21.9 Å². The number of hydrogen-bond donors (Lipinski definition) is 1. The fourth-order valence-electron chi connectivity index (χ4n) is 1.72. The van der Waals surface area contributed by atoms with Crippen molar-refractivity contribution in [2.75, 3.05) is 6.54 Å². The lowest BCUT2D eigenvalue weighted by molar-refractivity contribution is 0.431. The van der Waals surface area contributed by atoms with E-state index >= 15 is 0 Å². The normalized spacial score (nSPS) is 10.9. The maximum absolute atomic E-state index is 6.04. The zero-order chi connectivity index (χ0) is 13.9. The van der Waals surface area contributed by atoms with Gasteiger partial charge in [0.2, 0.25) is 5.82 Å². The van der Waals surface area contributed by atoms with Crippen LogP contribution in [-0.2, 0) is 6.54 Å². The van der Waals surface area contributed by atoms with Gasteiger partial charge in [-0.25, -0.2) is 4.98 Å². The third-order valence-electron chi connectivity index (χ3n) is 2.64. The first-order chi connectivity index (χ1) is 9.78. The van der Waals surface area contributed by atoms with Crippen molar-refractivity contribution in [2.24, 2.45) is 5.73 Å². The number of hydrogen-bond acceptors (Lipinski definition) is 6. The van der Waals surface area contributed by atoms with E-state index in [1.807, 2.05) is 4.57 Å². The molecule has 0 saturated heterocycles. The highest BCUT2D eigenvalue weighted by Gasteiger charge is 2.15. The van der Waals surface area contributed by atoms with Crippen molar-refractivity contribution in [2.45, 2.75) is 6.54 Å². The Balaban J connectivity index is 1.91. The lowest BCUT2D eigenvalue weighted by Gasteiger charge is -1.95. The van der Waals surface area contributed by atoms with Gasteiger partial charge in [-0.1, -0.05) is 16.8 Å². The molecule has 8 heteroatoms. The van der Waals surface area contributed by atoms with Gasteiger partial charge in [-0.15, -0.1) is 0 Å². The van der Waals surface area contributed by atoms with Crippen LogP contribution in [0, 0.1) is 0 Å². The van der Waals surface area contributed by atoms with Crippen molar-refractivity contribution < 1.29 is 4.52 Å². The molecule has 3 heterocycles. The van der Waals surface area contributed by atoms with Crippen LogP contribution in [0.15, 0.2) is 35.4 Å². The summed E-state index contributed by atoms with van der Waals surface area (Å²) in [6.45, 7) is 1.22. The topological polar surface area (TPSA) is 95.7 Å². The van der Waals surface area contributed by atoms with E-state index in [0.717, 1.165) is 0 Å². The SMILES string of the molecule is NCCn1cnc(-c2nc(-c3ncccc3Cl)no2)c1. The molecule has 0 aromatic carbocycles. The molecule has 3 aromatic heterocycles. The molecule has 7 nitrogen and oxygen atoms in total. The molecular formula is C12H11ClN6O. The second kappa shape index (κ2) is 5.40. The van der Waals surface area contributed by atoms with Gasteiger partial charge in [-0.3, -0.25) is 4.98 Å². The zero-order valence-electron chi connectivity index (χ0n) is 10.4. The first-order valence-electron chi connectivity index (χ1n) is 5.95. The van der Waals surface area contributed by atoms with Gasteiger partial charge in [0.1, 0.15) is 11.4 Å². The van der Waals surface area contributed by atoms with Gasteiger partial charge >= 0.3 is 0 Å². The number of aromatic nitrogens is 5. The molecule has 3 rings (SSSR count). The smallest absolute Gasteiger partial charge is 0.278 e. The van der Waals surface area contributed by atoms with Gasteiger partial charge in [0.25, 0.3) is 5.89 Å². The maximum Gasteiger partial charge on any atom is 0.278 e. The van der Waals surface area contributed by atoms with E-state index in [1.165, 1.54) is 0 Å². The summed E-state index contributed by atoms with van der Waals surface area (Å²) in [5, 5.41) is 4.34. The van der Waals surface area contributed by atoms with E-state index < -0.39 is 0 Å². The highest BCUT2D eigenvalue weighted by atomic mass is 35.5. The first-order valence-corrected chi connectivity index (χ1v) is 6.32. The largest absolute Gasteiger partial charge is 0.335 e. The second-order valence-corrected chi connectivity index (χ2v) is 4.45. The van der Waals surface area contributed by atoms with Crippen LogP contribution in [-0.4, -0.2) is 31.2 Å². The van der Waals surface area contributed by atoms with E-state index in [9.17, 15) is 0 Å². The zero-order valence-corrected chi connectivity index (χ0v) is 11.2. The van der Waals surface area contributed by atoms with E-state index in [-0.39, 0.29) is 0 Å². The number of rotatable bonds is 4. The molecule has 0 unspecified atom stereocenters. The van der Waals surface area contributed by atoms with Crippen LogP contribution < -0.4 is 5.73 Å². The molecule has 0 fully saturated rings. The highest BCUT2D eigenvalue weighted by Crippen LogP contribution is 2.24. The van der Waals surface area contributed by atoms with Crippen molar-refractivity contribution in [3.8, 4) is 23.1 Å². The minimum atomic E-state index is 0.317. The minimum absolute atomic E-state index is 0.317. The maximum atomic E-state index is 6.04. The van der Waals surface area contributed by atoms with Crippen molar-refractivity contribution in [3.63, 3.8) is 0 Å². The van der Waals surface area contributed by atoms with Gasteiger partial charge in [-0.05, 0) is 12.1 Å². The molecule has 2 N–H and O–H groups in total. The van der Waals surface area contributed by atoms with Crippen LogP contribution in [0.25, 0.3) is 23.1 Å². The van der Waals surface area contributed by atoms with Crippen LogP contribution in [0.2, 0.25) is 5.02 Å². The Kier molecular flexibility index (Phi) is 3.44. The van der Waals surface area contributed by atoms with E-state index in [2.05, 4.69) is 20.1 Å². The summed E-state index contributed by atoms with van der Waals surface area (Å²) in [5.74, 6) is 0.650. The third-order valence-corrected chi connectivity index (χ3v) is 2.94. The average molecular weight is 291 g/mol.